The Morgan fingerprint density at radius 2 is 2.07 bits per heavy atom. The molecule has 2 aliphatic heterocycles. The molecule has 5 nitrogen and oxygen atoms in total. The number of benzene rings is 1. The van der Waals surface area contributed by atoms with Crippen LogP contribution in [-0.4, -0.2) is 61.0 Å². The minimum Gasteiger partial charge on any atom is -0.385 e. The first-order chi connectivity index (χ1) is 13.1. The van der Waals surface area contributed by atoms with Crippen LogP contribution in [0.4, 0.5) is 0 Å². The minimum atomic E-state index is 0.250. The number of likely N-dealkylation sites (tertiary alicyclic amines) is 2. The van der Waals surface area contributed by atoms with Crippen LogP contribution in [0.1, 0.15) is 43.2 Å². The number of rotatable bonds is 7. The van der Waals surface area contributed by atoms with Gasteiger partial charge in [-0.2, -0.15) is 0 Å². The first-order valence-corrected chi connectivity index (χ1v) is 10.2. The summed E-state index contributed by atoms with van der Waals surface area (Å²) in [6.07, 6.45) is 4.67. The van der Waals surface area contributed by atoms with Gasteiger partial charge in [-0.15, -0.1) is 0 Å². The van der Waals surface area contributed by atoms with Crippen LogP contribution in [0.2, 0.25) is 0 Å². The van der Waals surface area contributed by atoms with Crippen molar-refractivity contribution in [2.75, 3.05) is 33.4 Å². The van der Waals surface area contributed by atoms with Crippen molar-refractivity contribution in [2.45, 2.75) is 51.5 Å². The van der Waals surface area contributed by atoms with Gasteiger partial charge in [0.05, 0.1) is 0 Å². The van der Waals surface area contributed by atoms with Crippen LogP contribution in [0, 0.1) is 12.8 Å². The molecule has 2 heterocycles. The van der Waals surface area contributed by atoms with Crippen LogP contribution >= 0.6 is 0 Å². The lowest BCUT2D eigenvalue weighted by atomic mass is 9.83. The summed E-state index contributed by atoms with van der Waals surface area (Å²) in [5.41, 5.74) is 2.51. The highest BCUT2D eigenvalue weighted by Crippen LogP contribution is 2.31. The van der Waals surface area contributed by atoms with Gasteiger partial charge in [0, 0.05) is 52.2 Å². The van der Waals surface area contributed by atoms with E-state index >= 15 is 0 Å². The van der Waals surface area contributed by atoms with Crippen molar-refractivity contribution in [3.8, 4) is 0 Å². The highest BCUT2D eigenvalue weighted by Gasteiger charge is 2.39. The molecule has 0 spiro atoms. The summed E-state index contributed by atoms with van der Waals surface area (Å²) in [5.74, 6) is 0.938. The van der Waals surface area contributed by atoms with E-state index in [9.17, 15) is 9.59 Å². The summed E-state index contributed by atoms with van der Waals surface area (Å²) >= 11 is 0. The zero-order valence-electron chi connectivity index (χ0n) is 16.7. The fourth-order valence-electron chi connectivity index (χ4n) is 4.54. The van der Waals surface area contributed by atoms with Crippen LogP contribution in [0.25, 0.3) is 0 Å². The van der Waals surface area contributed by atoms with Gasteiger partial charge < -0.3 is 14.5 Å². The molecular weight excluding hydrogens is 340 g/mol. The first kappa shape index (κ1) is 19.9. The van der Waals surface area contributed by atoms with Crippen molar-refractivity contribution in [1.29, 1.82) is 0 Å². The maximum atomic E-state index is 12.7. The van der Waals surface area contributed by atoms with E-state index in [4.69, 9.17) is 4.74 Å². The largest absolute Gasteiger partial charge is 0.385 e. The van der Waals surface area contributed by atoms with Gasteiger partial charge in [-0.1, -0.05) is 24.3 Å². The number of carbonyl (C=O) groups excluding carboxylic acids is 2. The van der Waals surface area contributed by atoms with E-state index in [0.29, 0.717) is 31.4 Å². The Balaban J connectivity index is 1.53. The van der Waals surface area contributed by atoms with E-state index in [-0.39, 0.29) is 11.8 Å². The number of ether oxygens (including phenoxy) is 1. The van der Waals surface area contributed by atoms with Crippen LogP contribution in [0.3, 0.4) is 0 Å². The van der Waals surface area contributed by atoms with E-state index in [1.165, 1.54) is 11.1 Å². The Hall–Kier alpha value is -1.88. The highest BCUT2D eigenvalue weighted by molar-refractivity contribution is 5.78. The second kappa shape index (κ2) is 9.36. The lowest BCUT2D eigenvalue weighted by molar-refractivity contribution is -0.144. The SMILES string of the molecule is COCCCN1C(=O)CC[C@H]2CN(C(=O)CCc3ccccc3C)CC[C@H]21. The third-order valence-electron chi connectivity index (χ3n) is 6.11. The zero-order valence-corrected chi connectivity index (χ0v) is 16.7. The topological polar surface area (TPSA) is 49.9 Å². The van der Waals surface area contributed by atoms with Crippen molar-refractivity contribution < 1.29 is 14.3 Å². The molecule has 0 aromatic heterocycles. The molecule has 0 bridgehead atoms. The molecule has 1 aromatic rings. The molecule has 0 unspecified atom stereocenters. The minimum absolute atomic E-state index is 0.250. The molecule has 0 aliphatic carbocycles. The number of amides is 2. The van der Waals surface area contributed by atoms with Crippen LogP contribution in [-0.2, 0) is 20.7 Å². The van der Waals surface area contributed by atoms with Crippen molar-refractivity contribution >= 4 is 11.8 Å². The zero-order chi connectivity index (χ0) is 19.2. The van der Waals surface area contributed by atoms with E-state index < -0.39 is 0 Å². The average molecular weight is 373 g/mol. The third kappa shape index (κ3) is 4.89. The normalized spacial score (nSPS) is 22.7. The lowest BCUT2D eigenvalue weighted by Crippen LogP contribution is -2.57. The fourth-order valence-corrected chi connectivity index (χ4v) is 4.54. The van der Waals surface area contributed by atoms with Gasteiger partial charge in [-0.3, -0.25) is 9.59 Å². The Morgan fingerprint density at radius 1 is 1.26 bits per heavy atom. The van der Waals surface area contributed by atoms with E-state index in [1.807, 2.05) is 17.0 Å². The van der Waals surface area contributed by atoms with Crippen LogP contribution in [0.5, 0.6) is 0 Å². The molecule has 0 radical (unpaired) electrons. The lowest BCUT2D eigenvalue weighted by Gasteiger charge is -2.47. The monoisotopic (exact) mass is 372 g/mol. The second-order valence-electron chi connectivity index (χ2n) is 7.85. The molecule has 27 heavy (non-hydrogen) atoms. The Bertz CT molecular complexity index is 661. The number of carbonyl (C=O) groups is 2. The van der Waals surface area contributed by atoms with Crippen molar-refractivity contribution in [1.82, 2.24) is 9.80 Å². The quantitative estimate of drug-likeness (QED) is 0.692. The molecule has 2 atom stereocenters. The molecular formula is C22H32N2O3. The maximum absolute atomic E-state index is 12.7. The second-order valence-corrected chi connectivity index (χ2v) is 7.85. The standard InChI is InChI=1S/C22H32N2O3/c1-17-6-3-4-7-18(17)8-10-21(25)23-14-12-20-19(16-23)9-11-22(26)24(20)13-5-15-27-2/h3-4,6-7,19-20H,5,8-16H2,1-2H3/t19-,20+/m0/s1. The van der Waals surface area contributed by atoms with Gasteiger partial charge in [-0.25, -0.2) is 0 Å². The highest BCUT2D eigenvalue weighted by atomic mass is 16.5. The average Bonchev–Trinajstić information content (AvgIpc) is 2.68. The summed E-state index contributed by atoms with van der Waals surface area (Å²) < 4.78 is 5.13. The van der Waals surface area contributed by atoms with Crippen molar-refractivity contribution in [3.05, 3.63) is 35.4 Å². The van der Waals surface area contributed by atoms with Gasteiger partial charge in [-0.05, 0) is 49.7 Å². The predicted octanol–water partition coefficient (Wildman–Crippen LogP) is 2.80. The summed E-state index contributed by atoms with van der Waals surface area (Å²) in [4.78, 5) is 29.2. The number of fused-ring (bicyclic) bond motifs is 1. The smallest absolute Gasteiger partial charge is 0.222 e. The molecule has 2 aliphatic rings. The Morgan fingerprint density at radius 3 is 2.85 bits per heavy atom. The fraction of sp³-hybridized carbons (Fsp3) is 0.636. The number of hydrogen-bond donors (Lipinski definition) is 0. The van der Waals surface area contributed by atoms with Gasteiger partial charge >= 0.3 is 0 Å². The van der Waals surface area contributed by atoms with E-state index in [2.05, 4.69) is 24.0 Å². The third-order valence-corrected chi connectivity index (χ3v) is 6.11. The van der Waals surface area contributed by atoms with E-state index in [0.717, 1.165) is 45.3 Å². The molecule has 2 amide bonds. The first-order valence-electron chi connectivity index (χ1n) is 10.2. The molecule has 148 valence electrons. The molecule has 1 aromatic carbocycles. The summed E-state index contributed by atoms with van der Waals surface area (Å²) in [6, 6.07) is 8.58. The number of hydrogen-bond acceptors (Lipinski definition) is 3. The van der Waals surface area contributed by atoms with E-state index in [1.54, 1.807) is 7.11 Å². The van der Waals surface area contributed by atoms with Crippen molar-refractivity contribution in [3.63, 3.8) is 0 Å². The van der Waals surface area contributed by atoms with Crippen molar-refractivity contribution in [2.24, 2.45) is 5.92 Å². The van der Waals surface area contributed by atoms with Gasteiger partial charge in [0.25, 0.3) is 0 Å². The van der Waals surface area contributed by atoms with Crippen LogP contribution < -0.4 is 0 Å². The van der Waals surface area contributed by atoms with Gasteiger partial charge in [0.15, 0.2) is 0 Å². The number of piperidine rings is 2. The Kier molecular flexibility index (Phi) is 6.89. The molecule has 2 saturated heterocycles. The molecule has 2 fully saturated rings. The molecule has 0 N–H and O–H groups in total. The van der Waals surface area contributed by atoms with Gasteiger partial charge in [0.1, 0.15) is 0 Å². The number of nitrogens with zero attached hydrogens (tertiary/aromatic N) is 2. The van der Waals surface area contributed by atoms with Gasteiger partial charge in [0.2, 0.25) is 11.8 Å². The predicted molar refractivity (Wildman–Crippen MR) is 105 cm³/mol. The summed E-state index contributed by atoms with van der Waals surface area (Å²) in [5, 5.41) is 0. The molecule has 0 saturated carbocycles. The number of aryl methyl sites for hydroxylation is 2. The Labute approximate surface area is 162 Å². The summed E-state index contributed by atoms with van der Waals surface area (Å²) in [7, 11) is 1.70. The maximum Gasteiger partial charge on any atom is 0.222 e. The number of methoxy groups -OCH3 is 1. The molecule has 5 heteroatoms. The molecule has 3 rings (SSSR count). The van der Waals surface area contributed by atoms with Crippen LogP contribution in [0.15, 0.2) is 24.3 Å². The summed E-state index contributed by atoms with van der Waals surface area (Å²) in [6.45, 7) is 5.12.